The van der Waals surface area contributed by atoms with E-state index in [-0.39, 0.29) is 5.88 Å². The zero-order valence-corrected chi connectivity index (χ0v) is 18.7. The Bertz CT molecular complexity index is 1290. The van der Waals surface area contributed by atoms with Gasteiger partial charge in [0.2, 0.25) is 5.88 Å². The predicted molar refractivity (Wildman–Crippen MR) is 114 cm³/mol. The molecule has 32 heavy (non-hydrogen) atoms. The van der Waals surface area contributed by atoms with Crippen LogP contribution >= 0.6 is 39.3 Å². The first-order valence-electron chi connectivity index (χ1n) is 8.62. The van der Waals surface area contributed by atoms with E-state index in [2.05, 4.69) is 20.9 Å². The van der Waals surface area contributed by atoms with Crippen LogP contribution < -0.4 is 14.9 Å². The lowest BCUT2D eigenvalue weighted by molar-refractivity contribution is -0.137. The minimum absolute atomic E-state index is 0.0473. The van der Waals surface area contributed by atoms with Crippen LogP contribution in [0.15, 0.2) is 59.1 Å². The van der Waals surface area contributed by atoms with Gasteiger partial charge in [0.25, 0.3) is 5.91 Å². The minimum Gasteiger partial charge on any atom is -0.438 e. The molecule has 1 aromatic heterocycles. The normalized spacial score (nSPS) is 11.1. The number of amides is 3. The van der Waals surface area contributed by atoms with Gasteiger partial charge in [-0.05, 0) is 45.4 Å². The maximum Gasteiger partial charge on any atom is 0.419 e. The highest BCUT2D eigenvalue weighted by molar-refractivity contribution is 9.10. The van der Waals surface area contributed by atoms with Crippen molar-refractivity contribution < 1.29 is 27.5 Å². The summed E-state index contributed by atoms with van der Waals surface area (Å²) >= 11 is 13.7. The van der Waals surface area contributed by atoms with Gasteiger partial charge in [-0.25, -0.2) is 14.6 Å². The van der Waals surface area contributed by atoms with E-state index in [0.717, 1.165) is 22.6 Å². The van der Waals surface area contributed by atoms with E-state index in [0.29, 0.717) is 15.8 Å². The van der Waals surface area contributed by atoms with Crippen molar-refractivity contribution in [3.8, 4) is 11.6 Å². The molecule has 12 heteroatoms. The highest BCUT2D eigenvalue weighted by atomic mass is 79.9. The number of hydrogen-bond donors (Lipinski definition) is 2. The van der Waals surface area contributed by atoms with Crippen molar-refractivity contribution in [3.63, 3.8) is 0 Å². The summed E-state index contributed by atoms with van der Waals surface area (Å²) in [5.41, 5.74) is -0.602. The second-order valence-electron chi connectivity index (χ2n) is 6.16. The number of rotatable bonds is 3. The largest absolute Gasteiger partial charge is 0.438 e. The van der Waals surface area contributed by atoms with E-state index in [4.69, 9.17) is 28.1 Å². The van der Waals surface area contributed by atoms with Crippen molar-refractivity contribution in [1.82, 2.24) is 15.1 Å². The van der Waals surface area contributed by atoms with Gasteiger partial charge in [-0.2, -0.15) is 13.2 Å². The lowest BCUT2D eigenvalue weighted by Gasteiger charge is -2.13. The Kier molecular flexibility index (Phi) is 7.27. The average molecular weight is 549 g/mol. The zero-order chi connectivity index (χ0) is 23.5. The first kappa shape index (κ1) is 23.8. The minimum atomic E-state index is -4.51. The molecule has 0 radical (unpaired) electrons. The fraction of sp³-hybridized carbons (Fsp3) is 0.0500. The van der Waals surface area contributed by atoms with Crippen LogP contribution in [0.25, 0.3) is 0 Å². The molecule has 0 atom stereocenters. The number of aromatic nitrogens is 1. The third-order valence-electron chi connectivity index (χ3n) is 4.07. The van der Waals surface area contributed by atoms with Gasteiger partial charge in [0.1, 0.15) is 10.9 Å². The van der Waals surface area contributed by atoms with Crippen LogP contribution in [0.2, 0.25) is 5.15 Å². The number of nitrogens with one attached hydrogen (secondary N) is 2. The number of carbonyl (C=O) groups is 2. The molecule has 0 unspecified atom stereocenters. The van der Waals surface area contributed by atoms with Gasteiger partial charge in [0, 0.05) is 27.5 Å². The summed E-state index contributed by atoms with van der Waals surface area (Å²) in [7, 11) is 0. The number of hydrogen-bond acceptors (Lipinski definition) is 4. The molecule has 2 N–H and O–H groups in total. The Morgan fingerprint density at radius 3 is 2.28 bits per heavy atom. The van der Waals surface area contributed by atoms with Crippen molar-refractivity contribution in [2.75, 3.05) is 0 Å². The molecule has 0 aliphatic heterocycles. The highest BCUT2D eigenvalue weighted by Crippen LogP contribution is 2.36. The molecular formula is C20H11BrCl2F3N3O3. The third-order valence-corrected chi connectivity index (χ3v) is 5.22. The van der Waals surface area contributed by atoms with E-state index in [9.17, 15) is 22.8 Å². The van der Waals surface area contributed by atoms with E-state index in [1.165, 1.54) is 0 Å². The van der Waals surface area contributed by atoms with Gasteiger partial charge >= 0.3 is 12.2 Å². The predicted octanol–water partition coefficient (Wildman–Crippen LogP) is 6.19. The van der Waals surface area contributed by atoms with Crippen LogP contribution in [0.5, 0.6) is 11.6 Å². The molecule has 4 rings (SSSR count). The number of alkyl halides is 3. The molecule has 0 fully saturated rings. The molecule has 2 aliphatic carbocycles. The molecule has 3 amide bonds. The standard InChI is InChI=1S/C12H5ClF3NO.C8H6BrClN2O2/c13-11-8(12(14,15)16)3-4-10(17-11)18-9-5-6-1-2-7(6)9;9-6-4-2-1-3-5(6)7(13)11-8(14)12-10/h1-5H;1-4H,(H2,11,12,13,14). The van der Waals surface area contributed by atoms with Gasteiger partial charge < -0.3 is 4.74 Å². The quantitative estimate of drug-likeness (QED) is 0.236. The first-order chi connectivity index (χ1) is 15.1. The maximum atomic E-state index is 12.4. The summed E-state index contributed by atoms with van der Waals surface area (Å²) in [4.78, 5) is 27.4. The first-order valence-corrected chi connectivity index (χ1v) is 10.2. The molecule has 0 bridgehead atoms. The summed E-state index contributed by atoms with van der Waals surface area (Å²) < 4.78 is 43.3. The Hall–Kier alpha value is -2.82. The SMILES string of the molecule is FC(F)(F)c1ccc(Oc2cc3ccc2=3)nc1Cl.O=C(NCl)NC(=O)c1ccccc1Br. The molecule has 0 saturated heterocycles. The number of ether oxygens (including phenoxy) is 1. The monoisotopic (exact) mass is 547 g/mol. The lowest BCUT2D eigenvalue weighted by atomic mass is 10.1. The van der Waals surface area contributed by atoms with Crippen LogP contribution in [0.1, 0.15) is 15.9 Å². The Morgan fingerprint density at radius 2 is 1.78 bits per heavy atom. The summed E-state index contributed by atoms with van der Waals surface area (Å²) in [6, 6.07) is 13.5. The molecule has 1 heterocycles. The van der Waals surface area contributed by atoms with Crippen molar-refractivity contribution in [2.45, 2.75) is 6.18 Å². The molecule has 2 aromatic rings. The molecule has 6 nitrogen and oxygen atoms in total. The van der Waals surface area contributed by atoms with Gasteiger partial charge in [0.05, 0.1) is 11.1 Å². The maximum absolute atomic E-state index is 12.4. The summed E-state index contributed by atoms with van der Waals surface area (Å²) in [6.07, 6.45) is -4.51. The Morgan fingerprint density at radius 1 is 1.06 bits per heavy atom. The Labute approximate surface area is 197 Å². The van der Waals surface area contributed by atoms with E-state index in [1.54, 1.807) is 35.2 Å². The zero-order valence-electron chi connectivity index (χ0n) is 15.6. The number of carbonyl (C=O) groups excluding carboxylic acids is 2. The van der Waals surface area contributed by atoms with Crippen LogP contribution in [0.4, 0.5) is 18.0 Å². The third kappa shape index (κ3) is 5.50. The lowest BCUT2D eigenvalue weighted by Crippen LogP contribution is -2.35. The van der Waals surface area contributed by atoms with E-state index < -0.39 is 28.8 Å². The fourth-order valence-electron chi connectivity index (χ4n) is 2.48. The van der Waals surface area contributed by atoms with Gasteiger partial charge in [-0.15, -0.1) is 0 Å². The molecular weight excluding hydrogens is 538 g/mol. The van der Waals surface area contributed by atoms with Gasteiger partial charge in [-0.3, -0.25) is 10.1 Å². The Balaban J connectivity index is 0.000000188. The fourth-order valence-corrected chi connectivity index (χ4v) is 3.24. The number of halogens is 6. The number of pyridine rings is 1. The molecule has 1 aromatic carbocycles. The van der Waals surface area contributed by atoms with Crippen LogP contribution in [0, 0.1) is 10.4 Å². The number of urea groups is 1. The number of benzene rings is 2. The smallest absolute Gasteiger partial charge is 0.419 e. The summed E-state index contributed by atoms with van der Waals surface area (Å²) in [5.74, 6) is 0.123. The topological polar surface area (TPSA) is 80.3 Å². The van der Waals surface area contributed by atoms with Crippen LogP contribution in [-0.4, -0.2) is 16.9 Å². The van der Waals surface area contributed by atoms with Gasteiger partial charge in [-0.1, -0.05) is 35.9 Å². The van der Waals surface area contributed by atoms with Crippen molar-refractivity contribution >= 4 is 51.2 Å². The van der Waals surface area contributed by atoms with E-state index >= 15 is 0 Å². The highest BCUT2D eigenvalue weighted by Gasteiger charge is 2.34. The van der Waals surface area contributed by atoms with Crippen LogP contribution in [-0.2, 0) is 6.18 Å². The molecule has 0 saturated carbocycles. The second-order valence-corrected chi connectivity index (χ2v) is 7.56. The van der Waals surface area contributed by atoms with Crippen molar-refractivity contribution in [3.05, 3.63) is 85.8 Å². The average Bonchev–Trinajstić information content (AvgIpc) is 2.71. The summed E-state index contributed by atoms with van der Waals surface area (Å²) in [6.45, 7) is 0. The van der Waals surface area contributed by atoms with E-state index in [1.807, 2.05) is 17.4 Å². The van der Waals surface area contributed by atoms with Gasteiger partial charge in [0.15, 0.2) is 0 Å². The van der Waals surface area contributed by atoms with Crippen LogP contribution in [0.3, 0.4) is 0 Å². The summed E-state index contributed by atoms with van der Waals surface area (Å²) in [5, 5.41) is 3.45. The molecule has 2 aliphatic rings. The molecule has 0 spiro atoms. The second kappa shape index (κ2) is 9.76. The van der Waals surface area contributed by atoms with Crippen molar-refractivity contribution in [2.24, 2.45) is 0 Å². The number of imide groups is 1. The van der Waals surface area contributed by atoms with Crippen molar-refractivity contribution in [1.29, 1.82) is 0 Å². The number of nitrogens with zero attached hydrogens (tertiary/aromatic N) is 1. The molecule has 166 valence electrons.